The molecule has 3 nitrogen and oxygen atoms in total. The van der Waals surface area contributed by atoms with Crippen molar-refractivity contribution in [3.05, 3.63) is 16.1 Å². The quantitative estimate of drug-likeness (QED) is 0.792. The van der Waals surface area contributed by atoms with Crippen LogP contribution >= 0.6 is 11.3 Å². The van der Waals surface area contributed by atoms with Gasteiger partial charge in [-0.05, 0) is 32.4 Å². The number of rotatable bonds is 4. The molecule has 78 valence electrons. The van der Waals surface area contributed by atoms with Crippen LogP contribution in [0, 0.1) is 0 Å². The number of thiazole rings is 1. The predicted molar refractivity (Wildman–Crippen MR) is 59.5 cm³/mol. The van der Waals surface area contributed by atoms with E-state index >= 15 is 0 Å². The fourth-order valence-corrected chi connectivity index (χ4v) is 2.68. The Balaban J connectivity index is 1.94. The summed E-state index contributed by atoms with van der Waals surface area (Å²) in [6, 6.07) is 0.512. The average molecular weight is 211 g/mol. The normalized spacial score (nSPS) is 21.6. The Morgan fingerprint density at radius 1 is 1.64 bits per heavy atom. The number of nitrogens with one attached hydrogen (secondary N) is 1. The molecule has 0 amide bonds. The van der Waals surface area contributed by atoms with Gasteiger partial charge in [-0.2, -0.15) is 0 Å². The number of aryl methyl sites for hydroxylation is 1. The van der Waals surface area contributed by atoms with E-state index < -0.39 is 0 Å². The van der Waals surface area contributed by atoms with E-state index in [1.165, 1.54) is 23.5 Å². The zero-order chi connectivity index (χ0) is 9.80. The first kappa shape index (κ1) is 10.1. The molecule has 1 aromatic heterocycles. The van der Waals surface area contributed by atoms with Crippen LogP contribution in [-0.2, 0) is 6.42 Å². The van der Waals surface area contributed by atoms with Gasteiger partial charge in [0.05, 0.1) is 16.7 Å². The number of nitrogens with two attached hydrogens (primary N) is 1. The van der Waals surface area contributed by atoms with Crippen LogP contribution in [0.5, 0.6) is 0 Å². The highest BCUT2D eigenvalue weighted by Gasteiger charge is 2.18. The Hall–Kier alpha value is -0.450. The molecule has 14 heavy (non-hydrogen) atoms. The summed E-state index contributed by atoms with van der Waals surface area (Å²) in [6.45, 7) is 1.90. The van der Waals surface area contributed by atoms with Gasteiger partial charge in [-0.1, -0.05) is 0 Å². The Kier molecular flexibility index (Phi) is 3.50. The first-order valence-corrected chi connectivity index (χ1v) is 6.16. The van der Waals surface area contributed by atoms with Gasteiger partial charge in [0.15, 0.2) is 0 Å². The highest BCUT2D eigenvalue weighted by atomic mass is 32.1. The number of hydrogen-bond donors (Lipinski definition) is 2. The summed E-state index contributed by atoms with van der Waals surface area (Å²) in [7, 11) is 0. The molecule has 0 aromatic carbocycles. The van der Waals surface area contributed by atoms with Crippen LogP contribution in [0.2, 0.25) is 0 Å². The van der Waals surface area contributed by atoms with E-state index in [9.17, 15) is 0 Å². The van der Waals surface area contributed by atoms with Gasteiger partial charge in [0.25, 0.3) is 0 Å². The third-order valence-corrected chi connectivity index (χ3v) is 3.51. The highest BCUT2D eigenvalue weighted by Crippen LogP contribution is 2.24. The number of nitrogens with zero attached hydrogens (tertiary/aromatic N) is 1. The zero-order valence-electron chi connectivity index (χ0n) is 8.33. The van der Waals surface area contributed by atoms with Crippen molar-refractivity contribution in [3.63, 3.8) is 0 Å². The molecule has 0 saturated carbocycles. The second-order valence-electron chi connectivity index (χ2n) is 3.71. The summed E-state index contributed by atoms with van der Waals surface area (Å²) in [5.74, 6) is 0. The van der Waals surface area contributed by atoms with Gasteiger partial charge in [0.2, 0.25) is 0 Å². The Morgan fingerprint density at radius 3 is 3.29 bits per heavy atom. The van der Waals surface area contributed by atoms with E-state index in [1.807, 2.05) is 0 Å². The van der Waals surface area contributed by atoms with Gasteiger partial charge in [0.1, 0.15) is 0 Å². The smallest absolute Gasteiger partial charge is 0.0929 e. The van der Waals surface area contributed by atoms with Gasteiger partial charge < -0.3 is 11.1 Å². The lowest BCUT2D eigenvalue weighted by molar-refractivity contribution is 0.628. The second kappa shape index (κ2) is 4.87. The lowest BCUT2D eigenvalue weighted by atomic mass is 10.2. The minimum Gasteiger partial charge on any atom is -0.330 e. The van der Waals surface area contributed by atoms with Crippen molar-refractivity contribution in [1.82, 2.24) is 10.3 Å². The highest BCUT2D eigenvalue weighted by molar-refractivity contribution is 7.09. The van der Waals surface area contributed by atoms with Crippen LogP contribution in [0.25, 0.3) is 0 Å². The zero-order valence-corrected chi connectivity index (χ0v) is 9.15. The lowest BCUT2D eigenvalue weighted by Gasteiger charge is -2.04. The SMILES string of the molecule is NCCCc1nc(C2CCCN2)cs1. The Bertz CT molecular complexity index is 279. The van der Waals surface area contributed by atoms with Crippen molar-refractivity contribution in [2.45, 2.75) is 31.7 Å². The molecule has 0 aliphatic carbocycles. The van der Waals surface area contributed by atoms with Gasteiger partial charge >= 0.3 is 0 Å². The molecular formula is C10H17N3S. The Morgan fingerprint density at radius 2 is 2.57 bits per heavy atom. The van der Waals surface area contributed by atoms with Gasteiger partial charge in [-0.15, -0.1) is 11.3 Å². The topological polar surface area (TPSA) is 50.9 Å². The largest absolute Gasteiger partial charge is 0.330 e. The van der Waals surface area contributed by atoms with E-state index in [4.69, 9.17) is 5.73 Å². The summed E-state index contributed by atoms with van der Waals surface area (Å²) in [5.41, 5.74) is 6.71. The van der Waals surface area contributed by atoms with Crippen molar-refractivity contribution in [1.29, 1.82) is 0 Å². The molecule has 4 heteroatoms. The molecular weight excluding hydrogens is 194 g/mol. The van der Waals surface area contributed by atoms with Crippen molar-refractivity contribution in [2.24, 2.45) is 5.73 Å². The van der Waals surface area contributed by atoms with Gasteiger partial charge in [-0.25, -0.2) is 4.98 Å². The fourth-order valence-electron chi connectivity index (χ4n) is 1.79. The lowest BCUT2D eigenvalue weighted by Crippen LogP contribution is -2.13. The van der Waals surface area contributed by atoms with E-state index in [0.717, 1.165) is 25.9 Å². The van der Waals surface area contributed by atoms with Gasteiger partial charge in [-0.3, -0.25) is 0 Å². The molecule has 1 fully saturated rings. The fraction of sp³-hybridized carbons (Fsp3) is 0.700. The average Bonchev–Trinajstić information content (AvgIpc) is 2.85. The summed E-state index contributed by atoms with van der Waals surface area (Å²) in [4.78, 5) is 4.63. The molecule has 2 rings (SSSR count). The summed E-state index contributed by atoms with van der Waals surface area (Å²) < 4.78 is 0. The van der Waals surface area contributed by atoms with Crippen LogP contribution in [-0.4, -0.2) is 18.1 Å². The van der Waals surface area contributed by atoms with Gasteiger partial charge in [0, 0.05) is 11.8 Å². The summed E-state index contributed by atoms with van der Waals surface area (Å²) >= 11 is 1.77. The first-order valence-electron chi connectivity index (χ1n) is 5.28. The molecule has 0 bridgehead atoms. The van der Waals surface area contributed by atoms with Crippen molar-refractivity contribution < 1.29 is 0 Å². The molecule has 1 unspecified atom stereocenters. The third-order valence-electron chi connectivity index (χ3n) is 2.58. The standard InChI is InChI=1S/C10H17N3S/c11-5-1-4-10-13-9(7-14-10)8-3-2-6-12-8/h7-8,12H,1-6,11H2. The molecule has 1 atom stereocenters. The van der Waals surface area contributed by atoms with Crippen LogP contribution in [0.4, 0.5) is 0 Å². The molecule has 2 heterocycles. The molecule has 3 N–H and O–H groups in total. The second-order valence-corrected chi connectivity index (χ2v) is 4.65. The molecule has 1 aromatic rings. The molecule has 0 spiro atoms. The Labute approximate surface area is 88.7 Å². The maximum absolute atomic E-state index is 5.47. The van der Waals surface area contributed by atoms with Crippen LogP contribution in [0.3, 0.4) is 0 Å². The van der Waals surface area contributed by atoms with Crippen molar-refractivity contribution >= 4 is 11.3 Å². The number of aromatic nitrogens is 1. The minimum absolute atomic E-state index is 0.512. The summed E-state index contributed by atoms with van der Waals surface area (Å²) in [6.07, 6.45) is 4.60. The van der Waals surface area contributed by atoms with Crippen LogP contribution < -0.4 is 11.1 Å². The maximum Gasteiger partial charge on any atom is 0.0929 e. The van der Waals surface area contributed by atoms with E-state index in [1.54, 1.807) is 11.3 Å². The monoisotopic (exact) mass is 211 g/mol. The molecule has 0 radical (unpaired) electrons. The van der Waals surface area contributed by atoms with Crippen molar-refractivity contribution in [2.75, 3.05) is 13.1 Å². The van der Waals surface area contributed by atoms with Crippen LogP contribution in [0.1, 0.15) is 36.0 Å². The molecule has 1 aliphatic rings. The van der Waals surface area contributed by atoms with E-state index in [-0.39, 0.29) is 0 Å². The first-order chi connectivity index (χ1) is 6.90. The molecule has 1 aliphatic heterocycles. The third kappa shape index (κ3) is 2.32. The van der Waals surface area contributed by atoms with E-state index in [2.05, 4.69) is 15.7 Å². The van der Waals surface area contributed by atoms with Crippen LogP contribution in [0.15, 0.2) is 5.38 Å². The maximum atomic E-state index is 5.47. The number of hydrogen-bond acceptors (Lipinski definition) is 4. The molecule has 1 saturated heterocycles. The van der Waals surface area contributed by atoms with E-state index in [0.29, 0.717) is 6.04 Å². The van der Waals surface area contributed by atoms with Crippen molar-refractivity contribution in [3.8, 4) is 0 Å². The minimum atomic E-state index is 0.512. The summed E-state index contributed by atoms with van der Waals surface area (Å²) in [5, 5.41) is 6.89. The predicted octanol–water partition coefficient (Wildman–Crippen LogP) is 1.46.